The summed E-state index contributed by atoms with van der Waals surface area (Å²) in [6.07, 6.45) is 7.81. The van der Waals surface area contributed by atoms with E-state index in [2.05, 4.69) is 19.2 Å². The van der Waals surface area contributed by atoms with Crippen molar-refractivity contribution in [2.75, 3.05) is 6.54 Å². The van der Waals surface area contributed by atoms with Crippen LogP contribution in [0.25, 0.3) is 10.9 Å². The van der Waals surface area contributed by atoms with Gasteiger partial charge in [0.25, 0.3) is 5.91 Å². The maximum absolute atomic E-state index is 12.6. The predicted molar refractivity (Wildman–Crippen MR) is 96.8 cm³/mol. The predicted octanol–water partition coefficient (Wildman–Crippen LogP) is 4.89. The molecule has 23 heavy (non-hydrogen) atoms. The Morgan fingerprint density at radius 3 is 2.57 bits per heavy atom. The first-order chi connectivity index (χ1) is 11.3. The molecule has 1 heterocycles. The van der Waals surface area contributed by atoms with Gasteiger partial charge in [0, 0.05) is 17.6 Å². The highest BCUT2D eigenvalue weighted by Gasteiger charge is 2.12. The van der Waals surface area contributed by atoms with Crippen molar-refractivity contribution in [1.29, 1.82) is 0 Å². The second-order valence-electron chi connectivity index (χ2n) is 6.10. The first-order valence-corrected chi connectivity index (χ1v) is 8.93. The summed E-state index contributed by atoms with van der Waals surface area (Å²) in [6, 6.07) is 9.90. The molecule has 2 aromatic rings. The zero-order valence-corrected chi connectivity index (χ0v) is 14.4. The second kappa shape index (κ2) is 9.29. The molecule has 0 unspecified atom stereocenters. The molecule has 0 spiro atoms. The summed E-state index contributed by atoms with van der Waals surface area (Å²) >= 11 is 0. The average molecular weight is 312 g/mol. The molecule has 0 bridgehead atoms. The molecule has 3 nitrogen and oxygen atoms in total. The molecule has 2 rings (SSSR count). The number of hydrogen-bond acceptors (Lipinski definition) is 2. The first-order valence-electron chi connectivity index (χ1n) is 8.93. The average Bonchev–Trinajstić information content (AvgIpc) is 2.58. The molecule has 3 heteroatoms. The van der Waals surface area contributed by atoms with Gasteiger partial charge in [0.1, 0.15) is 0 Å². The summed E-state index contributed by atoms with van der Waals surface area (Å²) in [5.41, 5.74) is 2.70. The van der Waals surface area contributed by atoms with Gasteiger partial charge in [0.15, 0.2) is 0 Å². The monoisotopic (exact) mass is 312 g/mol. The van der Waals surface area contributed by atoms with E-state index < -0.39 is 0 Å². The third-order valence-electron chi connectivity index (χ3n) is 4.12. The summed E-state index contributed by atoms with van der Waals surface area (Å²) in [7, 11) is 0. The molecule has 0 radical (unpaired) electrons. The summed E-state index contributed by atoms with van der Waals surface area (Å²) < 4.78 is 0. The van der Waals surface area contributed by atoms with Crippen molar-refractivity contribution in [3.8, 4) is 0 Å². The van der Waals surface area contributed by atoms with Crippen LogP contribution >= 0.6 is 0 Å². The smallest absolute Gasteiger partial charge is 0.252 e. The van der Waals surface area contributed by atoms with Crippen molar-refractivity contribution < 1.29 is 4.79 Å². The van der Waals surface area contributed by atoms with Crippen LogP contribution in [0.1, 0.15) is 68.4 Å². The van der Waals surface area contributed by atoms with E-state index in [1.807, 2.05) is 30.3 Å². The highest BCUT2D eigenvalue weighted by molar-refractivity contribution is 6.06. The van der Waals surface area contributed by atoms with Crippen molar-refractivity contribution in [2.45, 2.75) is 58.8 Å². The second-order valence-corrected chi connectivity index (χ2v) is 6.10. The van der Waals surface area contributed by atoms with Gasteiger partial charge >= 0.3 is 0 Å². The number of pyridine rings is 1. The van der Waals surface area contributed by atoms with Gasteiger partial charge in [-0.3, -0.25) is 9.78 Å². The molecule has 0 saturated carbocycles. The number of carbonyl (C=O) groups excluding carboxylic acids is 1. The van der Waals surface area contributed by atoms with Gasteiger partial charge in [-0.15, -0.1) is 0 Å². The first kappa shape index (κ1) is 17.5. The van der Waals surface area contributed by atoms with E-state index >= 15 is 0 Å². The third-order valence-corrected chi connectivity index (χ3v) is 4.12. The van der Waals surface area contributed by atoms with Crippen LogP contribution in [0.5, 0.6) is 0 Å². The fraction of sp³-hybridized carbons (Fsp3) is 0.500. The lowest BCUT2D eigenvalue weighted by Crippen LogP contribution is -2.25. The van der Waals surface area contributed by atoms with Gasteiger partial charge in [-0.2, -0.15) is 0 Å². The molecule has 124 valence electrons. The fourth-order valence-corrected chi connectivity index (χ4v) is 2.77. The number of carbonyl (C=O) groups is 1. The Morgan fingerprint density at radius 2 is 1.78 bits per heavy atom. The molecule has 0 fully saturated rings. The maximum atomic E-state index is 12.6. The van der Waals surface area contributed by atoms with E-state index in [4.69, 9.17) is 4.98 Å². The lowest BCUT2D eigenvalue weighted by molar-refractivity contribution is 0.0954. The Hall–Kier alpha value is -1.90. The van der Waals surface area contributed by atoms with Gasteiger partial charge in [-0.1, -0.05) is 57.7 Å². The van der Waals surface area contributed by atoms with Crippen molar-refractivity contribution in [1.82, 2.24) is 10.3 Å². The van der Waals surface area contributed by atoms with Gasteiger partial charge in [-0.05, 0) is 31.4 Å². The van der Waals surface area contributed by atoms with E-state index in [0.717, 1.165) is 60.8 Å². The number of unbranched alkanes of at least 4 members (excludes halogenated alkanes) is 4. The highest BCUT2D eigenvalue weighted by Crippen LogP contribution is 2.19. The van der Waals surface area contributed by atoms with Crippen LogP contribution in [-0.4, -0.2) is 17.4 Å². The molecule has 1 amide bonds. The van der Waals surface area contributed by atoms with Crippen molar-refractivity contribution in [2.24, 2.45) is 0 Å². The van der Waals surface area contributed by atoms with Crippen LogP contribution in [0.2, 0.25) is 0 Å². The topological polar surface area (TPSA) is 42.0 Å². The van der Waals surface area contributed by atoms with E-state index in [0.29, 0.717) is 0 Å². The standard InChI is InChI=1S/C20H28N2O/c1-3-5-7-11-16-15-18(20(23)21-14-10-6-4-2)17-12-8-9-13-19(17)22-16/h8-9,12-13,15H,3-7,10-11,14H2,1-2H3,(H,21,23). The number of benzene rings is 1. The van der Waals surface area contributed by atoms with Crippen LogP contribution in [-0.2, 0) is 6.42 Å². The zero-order chi connectivity index (χ0) is 16.5. The van der Waals surface area contributed by atoms with Gasteiger partial charge in [-0.25, -0.2) is 0 Å². The summed E-state index contributed by atoms with van der Waals surface area (Å²) in [5, 5.41) is 4.00. The van der Waals surface area contributed by atoms with Crippen LogP contribution in [0.15, 0.2) is 30.3 Å². The Balaban J connectivity index is 2.19. The Labute approximate surface area is 139 Å². The van der Waals surface area contributed by atoms with Gasteiger partial charge < -0.3 is 5.32 Å². The number of nitrogens with one attached hydrogen (secondary N) is 1. The Kier molecular flexibility index (Phi) is 7.05. The third kappa shape index (κ3) is 5.05. The molecule has 0 atom stereocenters. The highest BCUT2D eigenvalue weighted by atomic mass is 16.1. The van der Waals surface area contributed by atoms with Crippen LogP contribution in [0.4, 0.5) is 0 Å². The van der Waals surface area contributed by atoms with Crippen LogP contribution in [0.3, 0.4) is 0 Å². The van der Waals surface area contributed by atoms with Crippen LogP contribution < -0.4 is 5.32 Å². The normalized spacial score (nSPS) is 10.9. The quantitative estimate of drug-likeness (QED) is 0.670. The number of fused-ring (bicyclic) bond motifs is 1. The minimum atomic E-state index is 0.0245. The zero-order valence-electron chi connectivity index (χ0n) is 14.4. The summed E-state index contributed by atoms with van der Waals surface area (Å²) in [5.74, 6) is 0.0245. The van der Waals surface area contributed by atoms with Gasteiger partial charge in [0.05, 0.1) is 11.1 Å². The molecule has 0 aliphatic carbocycles. The Bertz CT molecular complexity index is 637. The maximum Gasteiger partial charge on any atom is 0.252 e. The molecular formula is C20H28N2O. The minimum absolute atomic E-state index is 0.0245. The van der Waals surface area contributed by atoms with E-state index in [-0.39, 0.29) is 5.91 Å². The molecule has 0 aliphatic rings. The van der Waals surface area contributed by atoms with E-state index in [1.54, 1.807) is 0 Å². The molecule has 1 aromatic carbocycles. The SMILES string of the molecule is CCCCCNC(=O)c1cc(CCCCC)nc2ccccc12. The number of aryl methyl sites for hydroxylation is 1. The number of rotatable bonds is 9. The lowest BCUT2D eigenvalue weighted by Gasteiger charge is -2.10. The van der Waals surface area contributed by atoms with Gasteiger partial charge in [0.2, 0.25) is 0 Å². The molecule has 0 aliphatic heterocycles. The number of aromatic nitrogens is 1. The lowest BCUT2D eigenvalue weighted by atomic mass is 10.0. The van der Waals surface area contributed by atoms with E-state index in [9.17, 15) is 4.79 Å². The number of nitrogens with zero attached hydrogens (tertiary/aromatic N) is 1. The number of amides is 1. The van der Waals surface area contributed by atoms with Crippen molar-refractivity contribution >= 4 is 16.8 Å². The summed E-state index contributed by atoms with van der Waals surface area (Å²) in [6.45, 7) is 5.11. The fourth-order valence-electron chi connectivity index (χ4n) is 2.77. The molecular weight excluding hydrogens is 284 g/mol. The summed E-state index contributed by atoms with van der Waals surface area (Å²) in [4.78, 5) is 17.3. The van der Waals surface area contributed by atoms with Crippen molar-refractivity contribution in [3.63, 3.8) is 0 Å². The number of hydrogen-bond donors (Lipinski definition) is 1. The van der Waals surface area contributed by atoms with E-state index in [1.165, 1.54) is 12.8 Å². The number of para-hydroxylation sites is 1. The minimum Gasteiger partial charge on any atom is -0.352 e. The molecule has 0 saturated heterocycles. The van der Waals surface area contributed by atoms with Crippen molar-refractivity contribution in [3.05, 3.63) is 41.6 Å². The largest absolute Gasteiger partial charge is 0.352 e. The molecule has 1 aromatic heterocycles. The molecule has 1 N–H and O–H groups in total. The van der Waals surface area contributed by atoms with Crippen LogP contribution in [0, 0.1) is 0 Å². The Morgan fingerprint density at radius 1 is 1.04 bits per heavy atom.